The molecule has 9 nitrogen and oxygen atoms in total. The number of rotatable bonds is 2. The number of benzene rings is 2. The van der Waals surface area contributed by atoms with Crippen LogP contribution in [0.5, 0.6) is 17.2 Å². The maximum atomic E-state index is 13.1. The van der Waals surface area contributed by atoms with Crippen molar-refractivity contribution in [1.82, 2.24) is 0 Å². The molecule has 0 bridgehead atoms. The van der Waals surface area contributed by atoms with Crippen molar-refractivity contribution in [2.24, 2.45) is 0 Å². The molecule has 29 heavy (non-hydrogen) atoms. The quantitative estimate of drug-likeness (QED) is 0.398. The topological polar surface area (TPSA) is 154 Å². The Bertz CT molecular complexity index is 1030. The van der Waals surface area contributed by atoms with Crippen LogP contribution in [0.4, 0.5) is 0 Å². The molecule has 5 N–H and O–H groups in total. The van der Waals surface area contributed by atoms with Crippen molar-refractivity contribution in [3.63, 3.8) is 0 Å². The van der Waals surface area contributed by atoms with Gasteiger partial charge in [-0.1, -0.05) is 0 Å². The van der Waals surface area contributed by atoms with E-state index in [4.69, 9.17) is 9.47 Å². The Hall–Kier alpha value is -2.98. The number of hydrogen-bond acceptors (Lipinski definition) is 9. The molecule has 1 aliphatic heterocycles. The second-order valence-electron chi connectivity index (χ2n) is 7.10. The van der Waals surface area contributed by atoms with Crippen LogP contribution in [0, 0.1) is 6.92 Å². The number of ketones is 2. The molecule has 0 unspecified atom stereocenters. The average molecular weight is 402 g/mol. The van der Waals surface area contributed by atoms with Crippen LogP contribution in [0.2, 0.25) is 0 Å². The highest BCUT2D eigenvalue weighted by atomic mass is 16.7. The number of hydrogen-bond donors (Lipinski definition) is 5. The van der Waals surface area contributed by atoms with Crippen molar-refractivity contribution in [1.29, 1.82) is 0 Å². The molecule has 0 spiro atoms. The maximum Gasteiger partial charge on any atom is 0.228 e. The van der Waals surface area contributed by atoms with Gasteiger partial charge in [-0.25, -0.2) is 0 Å². The van der Waals surface area contributed by atoms with Crippen LogP contribution in [-0.4, -0.2) is 68.3 Å². The Morgan fingerprint density at radius 2 is 1.62 bits per heavy atom. The first-order valence-corrected chi connectivity index (χ1v) is 8.81. The molecule has 0 aromatic heterocycles. The van der Waals surface area contributed by atoms with Crippen LogP contribution in [0.15, 0.2) is 24.3 Å². The lowest BCUT2D eigenvalue weighted by Gasteiger charge is -2.35. The molecule has 2 aromatic rings. The third-order valence-corrected chi connectivity index (χ3v) is 4.99. The summed E-state index contributed by atoms with van der Waals surface area (Å²) in [5.74, 6) is -2.29. The predicted octanol–water partition coefficient (Wildman–Crippen LogP) is -0.000580. The van der Waals surface area contributed by atoms with Gasteiger partial charge in [0.15, 0.2) is 5.78 Å². The van der Waals surface area contributed by atoms with E-state index < -0.39 is 36.2 Å². The van der Waals surface area contributed by atoms with Gasteiger partial charge in [0.05, 0.1) is 17.7 Å². The first-order chi connectivity index (χ1) is 13.7. The molecule has 0 amide bonds. The number of aromatic hydroxyl groups is 2. The highest BCUT2D eigenvalue weighted by Gasteiger charge is 2.41. The summed E-state index contributed by atoms with van der Waals surface area (Å²) >= 11 is 0. The van der Waals surface area contributed by atoms with Crippen LogP contribution >= 0.6 is 0 Å². The minimum Gasteiger partial charge on any atom is -0.508 e. The summed E-state index contributed by atoms with van der Waals surface area (Å²) in [5, 5.41) is 49.7. The van der Waals surface area contributed by atoms with Gasteiger partial charge in [-0.05, 0) is 30.7 Å². The Morgan fingerprint density at radius 3 is 2.34 bits per heavy atom. The van der Waals surface area contributed by atoms with E-state index in [1.54, 1.807) is 6.92 Å². The summed E-state index contributed by atoms with van der Waals surface area (Å²) in [6.07, 6.45) is -5.98. The number of carbonyl (C=O) groups is 2. The normalized spacial score (nSPS) is 26.1. The predicted molar refractivity (Wildman–Crippen MR) is 96.2 cm³/mol. The van der Waals surface area contributed by atoms with Crippen LogP contribution in [-0.2, 0) is 4.74 Å². The number of aliphatic hydroxyl groups is 3. The summed E-state index contributed by atoms with van der Waals surface area (Å²) in [7, 11) is 0. The van der Waals surface area contributed by atoms with E-state index in [9.17, 15) is 35.1 Å². The zero-order valence-electron chi connectivity index (χ0n) is 15.2. The standard InChI is InChI=1S/C20H18O9/c1-7-2-9-14(11(22)3-7)18(26)15-10(16(9)24)4-8(21)5-13(15)29-20-19(27)17(25)12(23)6-28-20/h2-5,12,17,19-23,25,27H,6H2,1H3/t12-,17-,19+,20-/m0/s1. The monoisotopic (exact) mass is 402 g/mol. The van der Waals surface area contributed by atoms with E-state index >= 15 is 0 Å². The van der Waals surface area contributed by atoms with Gasteiger partial charge < -0.3 is 35.0 Å². The first kappa shape index (κ1) is 19.3. The van der Waals surface area contributed by atoms with E-state index in [-0.39, 0.29) is 46.1 Å². The minimum atomic E-state index is -1.64. The molecule has 4 rings (SSSR count). The Labute approximate surface area is 164 Å². The third-order valence-electron chi connectivity index (χ3n) is 4.99. The Kier molecular flexibility index (Phi) is 4.55. The van der Waals surface area contributed by atoms with E-state index in [1.165, 1.54) is 12.1 Å². The maximum absolute atomic E-state index is 13.1. The summed E-state index contributed by atoms with van der Waals surface area (Å²) in [4.78, 5) is 26.0. The van der Waals surface area contributed by atoms with Crippen LogP contribution in [0.1, 0.15) is 37.4 Å². The van der Waals surface area contributed by atoms with Crippen molar-refractivity contribution in [3.8, 4) is 17.2 Å². The first-order valence-electron chi connectivity index (χ1n) is 8.81. The molecular formula is C20H18O9. The average Bonchev–Trinajstić information content (AvgIpc) is 2.65. The minimum absolute atomic E-state index is 0.00375. The molecule has 152 valence electrons. The second-order valence-corrected chi connectivity index (χ2v) is 7.10. The SMILES string of the molecule is Cc1cc(O)c2c(c1)C(=O)c1cc(O)cc(O[C@@H]3OC[C@H](O)[C@H](O)[C@H]3O)c1C2=O. The second kappa shape index (κ2) is 6.82. The van der Waals surface area contributed by atoms with Crippen molar-refractivity contribution in [2.45, 2.75) is 31.5 Å². The lowest BCUT2D eigenvalue weighted by molar-refractivity contribution is -0.242. The van der Waals surface area contributed by atoms with E-state index in [2.05, 4.69) is 0 Å². The fourth-order valence-electron chi connectivity index (χ4n) is 3.57. The summed E-state index contributed by atoms with van der Waals surface area (Å²) in [6.45, 7) is 1.32. The summed E-state index contributed by atoms with van der Waals surface area (Å²) < 4.78 is 10.7. The van der Waals surface area contributed by atoms with Gasteiger partial charge in [0.25, 0.3) is 0 Å². The van der Waals surface area contributed by atoms with Crippen molar-refractivity contribution in [2.75, 3.05) is 6.61 Å². The van der Waals surface area contributed by atoms with Crippen molar-refractivity contribution < 1.29 is 44.6 Å². The van der Waals surface area contributed by atoms with Crippen LogP contribution in [0.25, 0.3) is 0 Å². The molecule has 1 saturated heterocycles. The molecule has 4 atom stereocenters. The van der Waals surface area contributed by atoms with Gasteiger partial charge in [0, 0.05) is 17.2 Å². The number of phenols is 2. The molecular weight excluding hydrogens is 384 g/mol. The Morgan fingerprint density at radius 1 is 0.931 bits per heavy atom. The van der Waals surface area contributed by atoms with E-state index in [0.717, 1.165) is 12.1 Å². The van der Waals surface area contributed by atoms with Crippen LogP contribution < -0.4 is 4.74 Å². The number of aliphatic hydroxyl groups excluding tert-OH is 3. The molecule has 0 radical (unpaired) electrons. The number of ether oxygens (including phenoxy) is 2. The molecule has 2 aliphatic rings. The fraction of sp³-hybridized carbons (Fsp3) is 0.300. The van der Waals surface area contributed by atoms with Gasteiger partial charge in [-0.2, -0.15) is 0 Å². The number of fused-ring (bicyclic) bond motifs is 2. The van der Waals surface area contributed by atoms with E-state index in [0.29, 0.717) is 5.56 Å². The van der Waals surface area contributed by atoms with Gasteiger partial charge in [-0.3, -0.25) is 9.59 Å². The van der Waals surface area contributed by atoms with Crippen molar-refractivity contribution >= 4 is 11.6 Å². The summed E-state index contributed by atoms with van der Waals surface area (Å²) in [5.41, 5.74) is 0.0475. The number of phenolic OH excluding ortho intramolecular Hbond substituents is 2. The molecule has 1 fully saturated rings. The molecule has 1 aliphatic carbocycles. The zero-order valence-corrected chi connectivity index (χ0v) is 15.2. The highest BCUT2D eigenvalue weighted by molar-refractivity contribution is 6.30. The number of carbonyl (C=O) groups excluding carboxylic acids is 2. The van der Waals surface area contributed by atoms with E-state index in [1.807, 2.05) is 0 Å². The molecule has 2 aromatic carbocycles. The number of aryl methyl sites for hydroxylation is 1. The van der Waals surface area contributed by atoms with Crippen molar-refractivity contribution in [3.05, 3.63) is 52.1 Å². The van der Waals surface area contributed by atoms with Crippen LogP contribution in [0.3, 0.4) is 0 Å². The Balaban J connectivity index is 1.81. The fourth-order valence-corrected chi connectivity index (χ4v) is 3.57. The van der Waals surface area contributed by atoms with Gasteiger partial charge in [0.1, 0.15) is 35.6 Å². The van der Waals surface area contributed by atoms with Gasteiger partial charge in [-0.15, -0.1) is 0 Å². The largest absolute Gasteiger partial charge is 0.508 e. The third kappa shape index (κ3) is 3.04. The molecule has 0 saturated carbocycles. The molecule has 9 heteroatoms. The lowest BCUT2D eigenvalue weighted by Crippen LogP contribution is -2.54. The van der Waals surface area contributed by atoms with Gasteiger partial charge in [0.2, 0.25) is 12.1 Å². The summed E-state index contributed by atoms with van der Waals surface area (Å²) in [6, 6.07) is 4.99. The zero-order chi connectivity index (χ0) is 21.0. The lowest BCUT2D eigenvalue weighted by atomic mass is 9.82. The molecule has 1 heterocycles. The highest BCUT2D eigenvalue weighted by Crippen LogP contribution is 2.40. The van der Waals surface area contributed by atoms with Gasteiger partial charge >= 0.3 is 0 Å². The smallest absolute Gasteiger partial charge is 0.228 e.